The van der Waals surface area contributed by atoms with Crippen molar-refractivity contribution in [3.05, 3.63) is 47.5 Å². The number of rotatable bonds is 16. The molecule has 0 aromatic heterocycles. The monoisotopic (exact) mass is 473 g/mol. The molecule has 0 amide bonds. The van der Waals surface area contributed by atoms with Crippen molar-refractivity contribution in [2.45, 2.75) is 39.0 Å². The molecule has 0 aliphatic heterocycles. The van der Waals surface area contributed by atoms with E-state index in [0.717, 1.165) is 44.5 Å². The zero-order chi connectivity index (χ0) is 24.8. The molecule has 188 valence electrons. The lowest BCUT2D eigenvalue weighted by molar-refractivity contribution is 0.0497. The average molecular weight is 474 g/mol. The highest BCUT2D eigenvalue weighted by Gasteiger charge is 2.17. The van der Waals surface area contributed by atoms with Crippen molar-refractivity contribution < 1.29 is 28.5 Å². The maximum Gasteiger partial charge on any atom is 0.338 e. The number of esters is 1. The maximum absolute atomic E-state index is 12.4. The van der Waals surface area contributed by atoms with Gasteiger partial charge in [0.15, 0.2) is 11.5 Å². The molecule has 0 aliphatic carbocycles. The van der Waals surface area contributed by atoms with Gasteiger partial charge in [-0.15, -0.1) is 0 Å². The molecular weight excluding hydrogens is 434 g/mol. The number of methoxy groups -OCH3 is 4. The molecule has 0 bridgehead atoms. The van der Waals surface area contributed by atoms with Crippen LogP contribution in [-0.4, -0.2) is 54.1 Å². The molecule has 0 saturated heterocycles. The van der Waals surface area contributed by atoms with Crippen LogP contribution in [0, 0.1) is 5.92 Å². The van der Waals surface area contributed by atoms with Gasteiger partial charge in [-0.1, -0.05) is 19.1 Å². The van der Waals surface area contributed by atoms with E-state index in [2.05, 4.69) is 24.4 Å². The number of hydrogen-bond donors (Lipinski definition) is 1. The van der Waals surface area contributed by atoms with Gasteiger partial charge in [0, 0.05) is 0 Å². The molecule has 0 saturated carbocycles. The minimum Gasteiger partial charge on any atom is -0.497 e. The average Bonchev–Trinajstić information content (AvgIpc) is 2.86. The van der Waals surface area contributed by atoms with Crippen molar-refractivity contribution in [2.24, 2.45) is 5.92 Å². The Balaban J connectivity index is 1.57. The summed E-state index contributed by atoms with van der Waals surface area (Å²) in [6, 6.07) is 11.5. The van der Waals surface area contributed by atoms with E-state index in [0.29, 0.717) is 35.3 Å². The number of benzene rings is 2. The summed E-state index contributed by atoms with van der Waals surface area (Å²) in [7, 11) is 6.24. The summed E-state index contributed by atoms with van der Waals surface area (Å²) < 4.78 is 26.5. The molecule has 7 heteroatoms. The maximum atomic E-state index is 12.4. The predicted octanol–water partition coefficient (Wildman–Crippen LogP) is 4.91. The van der Waals surface area contributed by atoms with Crippen molar-refractivity contribution in [1.82, 2.24) is 5.32 Å². The lowest BCUT2D eigenvalue weighted by Crippen LogP contribution is -2.18. The van der Waals surface area contributed by atoms with E-state index < -0.39 is 5.97 Å². The number of nitrogens with one attached hydrogen (secondary N) is 1. The van der Waals surface area contributed by atoms with Crippen molar-refractivity contribution in [3.8, 4) is 23.0 Å². The molecule has 1 atom stereocenters. The van der Waals surface area contributed by atoms with Crippen LogP contribution in [0.1, 0.15) is 48.5 Å². The molecule has 1 unspecified atom stereocenters. The Morgan fingerprint density at radius 1 is 0.853 bits per heavy atom. The lowest BCUT2D eigenvalue weighted by Gasteiger charge is -2.14. The van der Waals surface area contributed by atoms with Crippen LogP contribution < -0.4 is 24.3 Å². The zero-order valence-electron chi connectivity index (χ0n) is 21.1. The van der Waals surface area contributed by atoms with E-state index in [4.69, 9.17) is 23.7 Å². The van der Waals surface area contributed by atoms with Crippen LogP contribution in [0.25, 0.3) is 0 Å². The summed E-state index contributed by atoms with van der Waals surface area (Å²) in [6.07, 6.45) is 5.17. The second-order valence-corrected chi connectivity index (χ2v) is 8.31. The van der Waals surface area contributed by atoms with Crippen LogP contribution in [-0.2, 0) is 11.2 Å². The van der Waals surface area contributed by atoms with Crippen molar-refractivity contribution in [3.63, 3.8) is 0 Å². The Hall–Kier alpha value is -2.93. The SMILES string of the molecule is COc1ccc(CC(C)CCCNCCCCOC(=O)c2cc(OC)c(OC)c(OC)c2)cc1. The second-order valence-electron chi connectivity index (χ2n) is 8.31. The van der Waals surface area contributed by atoms with Gasteiger partial charge >= 0.3 is 5.97 Å². The number of carbonyl (C=O) groups is 1. The van der Waals surface area contributed by atoms with Gasteiger partial charge in [-0.2, -0.15) is 0 Å². The number of hydrogen-bond acceptors (Lipinski definition) is 7. The van der Waals surface area contributed by atoms with Gasteiger partial charge < -0.3 is 29.0 Å². The Morgan fingerprint density at radius 3 is 2.09 bits per heavy atom. The van der Waals surface area contributed by atoms with E-state index in [9.17, 15) is 4.79 Å². The molecule has 1 N–H and O–H groups in total. The molecular formula is C27H39NO6. The molecule has 2 aromatic carbocycles. The van der Waals surface area contributed by atoms with Crippen LogP contribution in [0.15, 0.2) is 36.4 Å². The van der Waals surface area contributed by atoms with E-state index in [-0.39, 0.29) is 0 Å². The zero-order valence-corrected chi connectivity index (χ0v) is 21.1. The number of ether oxygens (including phenoxy) is 5. The Kier molecular flexibility index (Phi) is 12.1. The molecule has 34 heavy (non-hydrogen) atoms. The minimum atomic E-state index is -0.405. The molecule has 0 fully saturated rings. The topological polar surface area (TPSA) is 75.3 Å². The van der Waals surface area contributed by atoms with Crippen LogP contribution in [0.4, 0.5) is 0 Å². The summed E-state index contributed by atoms with van der Waals surface area (Å²) >= 11 is 0. The molecule has 0 heterocycles. The van der Waals surface area contributed by atoms with Gasteiger partial charge in [-0.3, -0.25) is 0 Å². The summed E-state index contributed by atoms with van der Waals surface area (Å²) in [5.41, 5.74) is 1.72. The number of unbranched alkanes of at least 4 members (excludes halogenated alkanes) is 1. The highest BCUT2D eigenvalue weighted by Crippen LogP contribution is 2.38. The van der Waals surface area contributed by atoms with Gasteiger partial charge in [0.05, 0.1) is 40.6 Å². The smallest absolute Gasteiger partial charge is 0.338 e. The van der Waals surface area contributed by atoms with Crippen LogP contribution in [0.5, 0.6) is 23.0 Å². The van der Waals surface area contributed by atoms with Crippen molar-refractivity contribution in [1.29, 1.82) is 0 Å². The Labute approximate surface area is 203 Å². The molecule has 0 aliphatic rings. The first kappa shape index (κ1) is 27.3. The predicted molar refractivity (Wildman–Crippen MR) is 134 cm³/mol. The largest absolute Gasteiger partial charge is 0.497 e. The van der Waals surface area contributed by atoms with E-state index in [1.165, 1.54) is 33.3 Å². The molecule has 0 spiro atoms. The first-order valence-corrected chi connectivity index (χ1v) is 11.8. The minimum absolute atomic E-state index is 0.371. The third-order valence-corrected chi connectivity index (χ3v) is 5.68. The van der Waals surface area contributed by atoms with E-state index >= 15 is 0 Å². The summed E-state index contributed by atoms with van der Waals surface area (Å²) in [4.78, 5) is 12.4. The first-order valence-electron chi connectivity index (χ1n) is 11.8. The molecule has 2 rings (SSSR count). The van der Waals surface area contributed by atoms with Gasteiger partial charge in [0.1, 0.15) is 5.75 Å². The fraction of sp³-hybridized carbons (Fsp3) is 0.519. The van der Waals surface area contributed by atoms with Crippen LogP contribution >= 0.6 is 0 Å². The fourth-order valence-corrected chi connectivity index (χ4v) is 3.77. The molecule has 0 radical (unpaired) electrons. The number of carbonyl (C=O) groups excluding carboxylic acids is 1. The second kappa shape index (κ2) is 15.1. The highest BCUT2D eigenvalue weighted by atomic mass is 16.5. The summed E-state index contributed by atoms with van der Waals surface area (Å²) in [6.45, 7) is 4.58. The Bertz CT molecular complexity index is 843. The third-order valence-electron chi connectivity index (χ3n) is 5.68. The quantitative estimate of drug-likeness (QED) is 0.274. The van der Waals surface area contributed by atoms with Gasteiger partial charge in [-0.05, 0) is 80.9 Å². The van der Waals surface area contributed by atoms with E-state index in [1.54, 1.807) is 19.2 Å². The normalized spacial score (nSPS) is 11.6. The summed E-state index contributed by atoms with van der Waals surface area (Å²) in [5.74, 6) is 2.44. The molecule has 7 nitrogen and oxygen atoms in total. The fourth-order valence-electron chi connectivity index (χ4n) is 3.77. The van der Waals surface area contributed by atoms with Gasteiger partial charge in [0.2, 0.25) is 5.75 Å². The third kappa shape index (κ3) is 8.78. The Morgan fingerprint density at radius 2 is 1.50 bits per heavy atom. The van der Waals surface area contributed by atoms with E-state index in [1.807, 2.05) is 12.1 Å². The van der Waals surface area contributed by atoms with Gasteiger partial charge in [0.25, 0.3) is 0 Å². The highest BCUT2D eigenvalue weighted by molar-refractivity contribution is 5.91. The van der Waals surface area contributed by atoms with Crippen molar-refractivity contribution >= 4 is 5.97 Å². The first-order chi connectivity index (χ1) is 16.5. The van der Waals surface area contributed by atoms with Crippen LogP contribution in [0.2, 0.25) is 0 Å². The summed E-state index contributed by atoms with van der Waals surface area (Å²) in [5, 5.41) is 3.48. The molecule has 2 aromatic rings. The van der Waals surface area contributed by atoms with Gasteiger partial charge in [-0.25, -0.2) is 4.79 Å². The lowest BCUT2D eigenvalue weighted by atomic mass is 9.96. The van der Waals surface area contributed by atoms with Crippen LogP contribution in [0.3, 0.4) is 0 Å². The van der Waals surface area contributed by atoms with Crippen molar-refractivity contribution in [2.75, 3.05) is 48.1 Å². The standard InChI is InChI=1S/C27H39NO6/c1-20(17-21-10-12-23(30-2)13-11-21)9-8-15-28-14-6-7-16-34-27(29)22-18-24(31-3)26(33-5)25(19-22)32-4/h10-13,18-20,28H,6-9,14-17H2,1-5H3.